The van der Waals surface area contributed by atoms with Crippen LogP contribution < -0.4 is 5.11 Å². The van der Waals surface area contributed by atoms with Crippen LogP contribution in [0.1, 0.15) is 130 Å². The molecule has 0 rings (SSSR count). The molecule has 218 valence electrons. The summed E-state index contributed by atoms with van der Waals surface area (Å²) in [6.07, 6.45) is 17.2. The second-order valence-electron chi connectivity index (χ2n) is 11.2. The molecule has 0 aromatic heterocycles. The van der Waals surface area contributed by atoms with Crippen LogP contribution in [0, 0.1) is 17.8 Å². The van der Waals surface area contributed by atoms with Crippen LogP contribution in [0.2, 0.25) is 0 Å². The Hall–Kier alpha value is -1.63. The highest BCUT2D eigenvalue weighted by atomic mass is 16.4. The van der Waals surface area contributed by atoms with Crippen LogP contribution in [0.4, 0.5) is 0 Å². The van der Waals surface area contributed by atoms with E-state index in [9.17, 15) is 29.7 Å². The average Bonchev–Trinajstić information content (AvgIpc) is 2.86. The minimum absolute atomic E-state index is 0.222. The van der Waals surface area contributed by atoms with Gasteiger partial charge in [-0.25, -0.2) is 0 Å². The molecule has 0 aliphatic heterocycles. The van der Waals surface area contributed by atoms with E-state index >= 15 is 0 Å². The molecule has 0 bridgehead atoms. The summed E-state index contributed by atoms with van der Waals surface area (Å²) in [7, 11) is 0. The lowest BCUT2D eigenvalue weighted by atomic mass is 9.95. The summed E-state index contributed by atoms with van der Waals surface area (Å²) in [4.78, 5) is 35.7. The summed E-state index contributed by atoms with van der Waals surface area (Å²) < 4.78 is 0.222. The van der Waals surface area contributed by atoms with Crippen molar-refractivity contribution < 1.29 is 34.2 Å². The van der Waals surface area contributed by atoms with Crippen molar-refractivity contribution >= 4 is 17.9 Å². The Labute approximate surface area is 226 Å². The molecule has 0 aromatic carbocycles. The van der Waals surface area contributed by atoms with E-state index in [1.807, 2.05) is 13.8 Å². The van der Waals surface area contributed by atoms with Gasteiger partial charge in [-0.2, -0.15) is 0 Å². The summed E-state index contributed by atoms with van der Waals surface area (Å²) in [6, 6.07) is 0. The normalized spacial score (nSPS) is 15.6. The van der Waals surface area contributed by atoms with Gasteiger partial charge < -0.3 is 24.6 Å². The van der Waals surface area contributed by atoms with Gasteiger partial charge >= 0.3 is 11.9 Å². The van der Waals surface area contributed by atoms with Crippen molar-refractivity contribution in [1.29, 1.82) is 0 Å². The molecule has 0 heterocycles. The number of carbonyl (C=O) groups is 3. The van der Waals surface area contributed by atoms with E-state index in [-0.39, 0.29) is 24.1 Å². The largest absolute Gasteiger partial charge is 0.550 e. The van der Waals surface area contributed by atoms with E-state index in [1.165, 1.54) is 64.2 Å². The number of carbonyl (C=O) groups excluding carboxylic acids is 1. The average molecular weight is 528 g/mol. The van der Waals surface area contributed by atoms with E-state index in [0.717, 1.165) is 19.3 Å². The van der Waals surface area contributed by atoms with Crippen molar-refractivity contribution in [1.82, 2.24) is 0 Å². The van der Waals surface area contributed by atoms with Crippen molar-refractivity contribution in [3.05, 3.63) is 0 Å². The minimum atomic E-state index is -1.14. The lowest BCUT2D eigenvalue weighted by Gasteiger charge is -2.44. The first-order chi connectivity index (χ1) is 17.7. The zero-order valence-corrected chi connectivity index (χ0v) is 24.3. The van der Waals surface area contributed by atoms with Crippen molar-refractivity contribution in [3.8, 4) is 0 Å². The Morgan fingerprint density at radius 2 is 0.892 bits per heavy atom. The molecule has 7 nitrogen and oxygen atoms in total. The molecule has 0 aromatic rings. The Bertz CT molecular complexity index is 563. The number of hydrogen-bond donors (Lipinski definition) is 2. The summed E-state index contributed by atoms with van der Waals surface area (Å²) in [5.41, 5.74) is 0. The topological polar surface area (TPSA) is 115 Å². The lowest BCUT2D eigenvalue weighted by Crippen LogP contribution is -2.59. The maximum Gasteiger partial charge on any atom is 0.312 e. The summed E-state index contributed by atoms with van der Waals surface area (Å²) in [5.74, 6) is -4.93. The van der Waals surface area contributed by atoms with Crippen LogP contribution in [0.3, 0.4) is 0 Å². The number of quaternary nitrogens is 1. The molecule has 0 radical (unpaired) electrons. The van der Waals surface area contributed by atoms with Crippen molar-refractivity contribution in [3.63, 3.8) is 0 Å². The fourth-order valence-electron chi connectivity index (χ4n) is 5.50. The quantitative estimate of drug-likeness (QED) is 0.107. The number of hydrogen-bond acceptors (Lipinski definition) is 4. The van der Waals surface area contributed by atoms with E-state index in [0.29, 0.717) is 25.8 Å². The molecule has 0 saturated heterocycles. The predicted octanol–water partition coefficient (Wildman–Crippen LogP) is 5.89. The first-order valence-electron chi connectivity index (χ1n) is 15.2. The number of aliphatic carboxylic acids is 3. The van der Waals surface area contributed by atoms with Gasteiger partial charge in [0.1, 0.15) is 11.8 Å². The number of carboxylic acids is 3. The van der Waals surface area contributed by atoms with Crippen LogP contribution in [0.15, 0.2) is 0 Å². The second kappa shape index (κ2) is 21.3. The summed E-state index contributed by atoms with van der Waals surface area (Å²) >= 11 is 0. The Kier molecular flexibility index (Phi) is 20.4. The molecule has 0 spiro atoms. The van der Waals surface area contributed by atoms with Crippen LogP contribution >= 0.6 is 0 Å². The minimum Gasteiger partial charge on any atom is -0.550 e. The van der Waals surface area contributed by atoms with Gasteiger partial charge in [0.2, 0.25) is 0 Å². The molecule has 0 amide bonds. The van der Waals surface area contributed by atoms with Crippen LogP contribution in [0.5, 0.6) is 0 Å². The molecule has 0 fully saturated rings. The highest BCUT2D eigenvalue weighted by Crippen LogP contribution is 2.25. The molecule has 0 saturated carbocycles. The molecule has 0 aliphatic carbocycles. The zero-order valence-electron chi connectivity index (χ0n) is 24.3. The fourth-order valence-corrected chi connectivity index (χ4v) is 5.50. The molecule has 7 heteroatoms. The Balaban J connectivity index is 5.08. The van der Waals surface area contributed by atoms with Crippen molar-refractivity contribution in [2.45, 2.75) is 130 Å². The maximum atomic E-state index is 11.9. The predicted molar refractivity (Wildman–Crippen MR) is 147 cm³/mol. The highest BCUT2D eigenvalue weighted by molar-refractivity contribution is 5.70. The number of unbranched alkanes of at least 4 members (excludes halogenated alkanes) is 12. The monoisotopic (exact) mass is 527 g/mol. The van der Waals surface area contributed by atoms with E-state index in [2.05, 4.69) is 6.92 Å². The number of carboxylic acid groups (broad SMARTS) is 3. The summed E-state index contributed by atoms with van der Waals surface area (Å²) in [5, 5.41) is 31.4. The SMILES string of the molecule is CCCCCCCCCCCCCCC[N+](CC(CC)C(=O)[O-])(CC(CC)C(=O)O)CC(CC)C(=O)O. The lowest BCUT2D eigenvalue weighted by molar-refractivity contribution is -0.935. The first kappa shape index (κ1) is 35.4. The molecule has 3 unspecified atom stereocenters. The molecule has 37 heavy (non-hydrogen) atoms. The van der Waals surface area contributed by atoms with Gasteiger partial charge in [0.25, 0.3) is 0 Å². The summed E-state index contributed by atoms with van der Waals surface area (Å²) in [6.45, 7) is 9.04. The Morgan fingerprint density at radius 1 is 0.568 bits per heavy atom. The third-order valence-electron chi connectivity index (χ3n) is 8.07. The molecule has 3 atom stereocenters. The zero-order chi connectivity index (χ0) is 28.1. The van der Waals surface area contributed by atoms with Gasteiger partial charge in [0.15, 0.2) is 0 Å². The third-order valence-corrected chi connectivity index (χ3v) is 8.07. The van der Waals surface area contributed by atoms with Crippen molar-refractivity contribution in [2.75, 3.05) is 26.2 Å². The Morgan fingerprint density at radius 3 is 1.19 bits per heavy atom. The second-order valence-corrected chi connectivity index (χ2v) is 11.2. The van der Waals surface area contributed by atoms with Crippen LogP contribution in [-0.2, 0) is 14.4 Å². The van der Waals surface area contributed by atoms with E-state index in [1.54, 1.807) is 6.92 Å². The van der Waals surface area contributed by atoms with Crippen LogP contribution in [-0.4, -0.2) is 58.8 Å². The molecular formula is C30H57NO6. The smallest absolute Gasteiger partial charge is 0.312 e. The maximum absolute atomic E-state index is 11.9. The molecule has 0 aliphatic rings. The van der Waals surface area contributed by atoms with Crippen molar-refractivity contribution in [2.24, 2.45) is 17.8 Å². The van der Waals surface area contributed by atoms with Gasteiger partial charge in [0, 0.05) is 5.92 Å². The standard InChI is InChI=1S/C30H57NO6/c1-5-9-10-11-12-13-14-15-16-17-18-19-20-21-31(22-25(6-2)28(32)33,23-26(7-3)29(34)35)24-27(8-4)30(36)37/h25-27H,5-24H2,1-4H3,(H2-,32,33,34,35,36,37). The third kappa shape index (κ3) is 16.0. The van der Waals surface area contributed by atoms with E-state index < -0.39 is 35.7 Å². The first-order valence-corrected chi connectivity index (χ1v) is 15.2. The van der Waals surface area contributed by atoms with Gasteiger partial charge in [-0.15, -0.1) is 0 Å². The fraction of sp³-hybridized carbons (Fsp3) is 0.900. The number of rotatable bonds is 26. The van der Waals surface area contributed by atoms with Gasteiger partial charge in [-0.3, -0.25) is 9.59 Å². The van der Waals surface area contributed by atoms with Gasteiger partial charge in [-0.1, -0.05) is 98.3 Å². The van der Waals surface area contributed by atoms with Gasteiger partial charge in [0.05, 0.1) is 32.1 Å². The molecular weight excluding hydrogens is 470 g/mol. The van der Waals surface area contributed by atoms with Crippen LogP contribution in [0.25, 0.3) is 0 Å². The number of nitrogens with zero attached hydrogens (tertiary/aromatic N) is 1. The molecule has 2 N–H and O–H groups in total. The highest BCUT2D eigenvalue weighted by Gasteiger charge is 2.39. The van der Waals surface area contributed by atoms with E-state index in [4.69, 9.17) is 0 Å². The van der Waals surface area contributed by atoms with Gasteiger partial charge in [-0.05, 0) is 32.1 Å².